The first-order chi connectivity index (χ1) is 12.6. The number of aryl methyl sites for hydroxylation is 1. The van der Waals surface area contributed by atoms with Crippen LogP contribution < -0.4 is 5.32 Å². The predicted molar refractivity (Wildman–Crippen MR) is 103 cm³/mol. The number of amides is 1. The Morgan fingerprint density at radius 3 is 2.65 bits per heavy atom. The maximum Gasteiger partial charge on any atom is 0.220 e. The van der Waals surface area contributed by atoms with Crippen LogP contribution in [0.25, 0.3) is 0 Å². The van der Waals surface area contributed by atoms with Crippen LogP contribution >= 0.6 is 11.6 Å². The molecule has 3 rings (SSSR count). The number of benzene rings is 2. The molecule has 0 bridgehead atoms. The van der Waals surface area contributed by atoms with Gasteiger partial charge in [0.15, 0.2) is 0 Å². The lowest BCUT2D eigenvalue weighted by molar-refractivity contribution is -0.121. The van der Waals surface area contributed by atoms with Crippen LogP contribution in [0, 0.1) is 5.82 Å². The van der Waals surface area contributed by atoms with Crippen molar-refractivity contribution in [2.75, 3.05) is 19.6 Å². The second-order valence-corrected chi connectivity index (χ2v) is 7.12. The van der Waals surface area contributed by atoms with Gasteiger partial charge in [-0.2, -0.15) is 0 Å². The summed E-state index contributed by atoms with van der Waals surface area (Å²) in [6.45, 7) is 2.58. The van der Waals surface area contributed by atoms with Crippen LogP contribution in [0.3, 0.4) is 0 Å². The number of hydrogen-bond donors (Lipinski definition) is 1. The van der Waals surface area contributed by atoms with Crippen molar-refractivity contribution in [1.82, 2.24) is 10.2 Å². The lowest BCUT2D eigenvalue weighted by Gasteiger charge is -2.29. The standard InChI is InChI=1S/C21H24ClFN2O/c22-19-9-2-1-8-18(19)20(25-12-3-4-13-25)15-24-21(26)11-10-16-6-5-7-17(23)14-16/h1-2,5-9,14,20H,3-4,10-13,15H2,(H,24,26). The molecule has 3 nitrogen and oxygen atoms in total. The number of hydrogen-bond acceptors (Lipinski definition) is 2. The van der Waals surface area contributed by atoms with E-state index < -0.39 is 0 Å². The van der Waals surface area contributed by atoms with E-state index in [2.05, 4.69) is 10.2 Å². The Hall–Kier alpha value is -1.91. The number of rotatable bonds is 7. The Kier molecular flexibility index (Phi) is 6.64. The summed E-state index contributed by atoms with van der Waals surface area (Å²) in [5, 5.41) is 3.77. The monoisotopic (exact) mass is 374 g/mol. The van der Waals surface area contributed by atoms with Gasteiger partial charge in [-0.1, -0.05) is 41.9 Å². The molecular formula is C21H24ClFN2O. The number of nitrogens with one attached hydrogen (secondary N) is 1. The lowest BCUT2D eigenvalue weighted by atomic mass is 10.0. The van der Waals surface area contributed by atoms with Crippen molar-refractivity contribution in [2.45, 2.75) is 31.7 Å². The van der Waals surface area contributed by atoms with E-state index in [4.69, 9.17) is 11.6 Å². The SMILES string of the molecule is O=C(CCc1cccc(F)c1)NCC(c1ccccc1Cl)N1CCCC1. The van der Waals surface area contributed by atoms with Gasteiger partial charge in [0.05, 0.1) is 6.04 Å². The van der Waals surface area contributed by atoms with Crippen molar-refractivity contribution >= 4 is 17.5 Å². The average Bonchev–Trinajstić information content (AvgIpc) is 3.16. The third kappa shape index (κ3) is 5.05. The topological polar surface area (TPSA) is 32.3 Å². The molecule has 0 radical (unpaired) electrons. The van der Waals surface area contributed by atoms with E-state index >= 15 is 0 Å². The summed E-state index contributed by atoms with van der Waals surface area (Å²) in [7, 11) is 0. The first-order valence-corrected chi connectivity index (χ1v) is 9.51. The van der Waals surface area contributed by atoms with Gasteiger partial charge in [0.25, 0.3) is 0 Å². The normalized spacial score (nSPS) is 15.8. The molecule has 5 heteroatoms. The van der Waals surface area contributed by atoms with Crippen molar-refractivity contribution in [3.05, 3.63) is 70.5 Å². The average molecular weight is 375 g/mol. The molecule has 1 unspecified atom stereocenters. The molecule has 1 N–H and O–H groups in total. The molecule has 1 heterocycles. The van der Waals surface area contributed by atoms with Gasteiger partial charge in [-0.25, -0.2) is 4.39 Å². The molecule has 0 aromatic heterocycles. The molecule has 2 aromatic carbocycles. The third-order valence-corrected chi connectivity index (χ3v) is 5.21. The second-order valence-electron chi connectivity index (χ2n) is 6.71. The highest BCUT2D eigenvalue weighted by atomic mass is 35.5. The Morgan fingerprint density at radius 2 is 1.92 bits per heavy atom. The van der Waals surface area contributed by atoms with E-state index in [1.807, 2.05) is 30.3 Å². The highest BCUT2D eigenvalue weighted by Crippen LogP contribution is 2.29. The Balaban J connectivity index is 1.58. The smallest absolute Gasteiger partial charge is 0.220 e. The predicted octanol–water partition coefficient (Wildman–Crippen LogP) is 4.37. The molecule has 138 valence electrons. The fraction of sp³-hybridized carbons (Fsp3) is 0.381. The third-order valence-electron chi connectivity index (χ3n) is 4.87. The zero-order valence-electron chi connectivity index (χ0n) is 14.8. The fourth-order valence-corrected chi connectivity index (χ4v) is 3.75. The summed E-state index contributed by atoms with van der Waals surface area (Å²) in [4.78, 5) is 14.7. The van der Waals surface area contributed by atoms with Gasteiger partial charge in [0, 0.05) is 18.0 Å². The summed E-state index contributed by atoms with van der Waals surface area (Å²) >= 11 is 6.39. The van der Waals surface area contributed by atoms with Crippen molar-refractivity contribution in [3.63, 3.8) is 0 Å². The first-order valence-electron chi connectivity index (χ1n) is 9.13. The molecule has 1 atom stereocenters. The van der Waals surface area contributed by atoms with E-state index in [9.17, 15) is 9.18 Å². The summed E-state index contributed by atoms with van der Waals surface area (Å²) in [5.41, 5.74) is 1.89. The Morgan fingerprint density at radius 1 is 1.15 bits per heavy atom. The first kappa shape index (κ1) is 18.9. The van der Waals surface area contributed by atoms with Crippen LogP contribution in [0.4, 0.5) is 4.39 Å². The van der Waals surface area contributed by atoms with Gasteiger partial charge in [-0.05, 0) is 61.7 Å². The van der Waals surface area contributed by atoms with Gasteiger partial charge < -0.3 is 5.32 Å². The van der Waals surface area contributed by atoms with Gasteiger partial charge in [0.2, 0.25) is 5.91 Å². The van der Waals surface area contributed by atoms with E-state index in [0.29, 0.717) is 19.4 Å². The zero-order valence-corrected chi connectivity index (χ0v) is 15.5. The lowest BCUT2D eigenvalue weighted by Crippen LogP contribution is -2.37. The minimum Gasteiger partial charge on any atom is -0.354 e. The van der Waals surface area contributed by atoms with E-state index in [1.165, 1.54) is 25.0 Å². The minimum atomic E-state index is -0.268. The largest absolute Gasteiger partial charge is 0.354 e. The molecule has 1 saturated heterocycles. The van der Waals surface area contributed by atoms with Crippen LogP contribution in [0.2, 0.25) is 5.02 Å². The Bertz CT molecular complexity index is 746. The van der Waals surface area contributed by atoms with Gasteiger partial charge in [-0.15, -0.1) is 0 Å². The number of carbonyl (C=O) groups is 1. The van der Waals surface area contributed by atoms with Crippen LogP contribution in [0.5, 0.6) is 0 Å². The highest BCUT2D eigenvalue weighted by Gasteiger charge is 2.25. The van der Waals surface area contributed by atoms with Gasteiger partial charge in [0.1, 0.15) is 5.82 Å². The fourth-order valence-electron chi connectivity index (χ4n) is 3.48. The summed E-state index contributed by atoms with van der Waals surface area (Å²) < 4.78 is 13.2. The quantitative estimate of drug-likeness (QED) is 0.780. The molecular weight excluding hydrogens is 351 g/mol. The molecule has 0 saturated carbocycles. The van der Waals surface area contributed by atoms with Crippen LogP contribution in [0.1, 0.15) is 36.4 Å². The van der Waals surface area contributed by atoms with E-state index in [0.717, 1.165) is 29.2 Å². The number of carbonyl (C=O) groups excluding carboxylic acids is 1. The molecule has 2 aromatic rings. The van der Waals surface area contributed by atoms with Crippen molar-refractivity contribution < 1.29 is 9.18 Å². The van der Waals surface area contributed by atoms with Crippen LogP contribution in [-0.4, -0.2) is 30.4 Å². The maximum atomic E-state index is 13.2. The van der Waals surface area contributed by atoms with Crippen LogP contribution in [0.15, 0.2) is 48.5 Å². The van der Waals surface area contributed by atoms with Crippen molar-refractivity contribution in [1.29, 1.82) is 0 Å². The molecule has 0 aliphatic carbocycles. The molecule has 1 fully saturated rings. The summed E-state index contributed by atoms with van der Waals surface area (Å²) in [6, 6.07) is 14.3. The van der Waals surface area contributed by atoms with Crippen molar-refractivity contribution in [2.24, 2.45) is 0 Å². The van der Waals surface area contributed by atoms with Crippen molar-refractivity contribution in [3.8, 4) is 0 Å². The highest BCUT2D eigenvalue weighted by molar-refractivity contribution is 6.31. The number of nitrogens with zero attached hydrogens (tertiary/aromatic N) is 1. The molecule has 0 spiro atoms. The van der Waals surface area contributed by atoms with E-state index in [1.54, 1.807) is 6.07 Å². The van der Waals surface area contributed by atoms with Crippen LogP contribution in [-0.2, 0) is 11.2 Å². The zero-order chi connectivity index (χ0) is 18.4. The van der Waals surface area contributed by atoms with Gasteiger partial charge >= 0.3 is 0 Å². The summed E-state index contributed by atoms with van der Waals surface area (Å²) in [6.07, 6.45) is 3.23. The molecule has 1 aliphatic heterocycles. The number of likely N-dealkylation sites (tertiary alicyclic amines) is 1. The Labute approximate surface area is 159 Å². The minimum absolute atomic E-state index is 0.0227. The van der Waals surface area contributed by atoms with E-state index in [-0.39, 0.29) is 17.8 Å². The molecule has 1 aliphatic rings. The second kappa shape index (κ2) is 9.15. The van der Waals surface area contributed by atoms with Gasteiger partial charge in [-0.3, -0.25) is 9.69 Å². The number of halogens is 2. The summed E-state index contributed by atoms with van der Waals surface area (Å²) in [5.74, 6) is -0.291. The molecule has 1 amide bonds. The maximum absolute atomic E-state index is 13.2. The molecule has 26 heavy (non-hydrogen) atoms.